The number of ether oxygens (including phenoxy) is 1. The van der Waals surface area contributed by atoms with E-state index in [0.29, 0.717) is 6.42 Å². The van der Waals surface area contributed by atoms with Crippen LogP contribution < -0.4 is 0 Å². The Labute approximate surface area is 139 Å². The molecule has 4 nitrogen and oxygen atoms in total. The number of hydrogen-bond acceptors (Lipinski definition) is 4. The van der Waals surface area contributed by atoms with Crippen molar-refractivity contribution < 1.29 is 19.7 Å². The summed E-state index contributed by atoms with van der Waals surface area (Å²) >= 11 is 0. The van der Waals surface area contributed by atoms with Gasteiger partial charge in [-0.1, -0.05) is 51.5 Å². The van der Waals surface area contributed by atoms with Crippen molar-refractivity contribution in [1.82, 2.24) is 0 Å². The molecule has 0 spiro atoms. The second-order valence-electron chi connectivity index (χ2n) is 5.38. The minimum absolute atomic E-state index is 0.164. The maximum Gasteiger partial charge on any atom is 0.304 e. The van der Waals surface area contributed by atoms with Crippen molar-refractivity contribution in [1.29, 1.82) is 0 Å². The summed E-state index contributed by atoms with van der Waals surface area (Å²) in [5, 5.41) is 19.6. The Bertz CT molecular complexity index is 461. The molecule has 0 aromatic carbocycles. The summed E-state index contributed by atoms with van der Waals surface area (Å²) in [4.78, 5) is 10.8. The van der Waals surface area contributed by atoms with Crippen molar-refractivity contribution in [2.45, 2.75) is 77.1 Å². The molecule has 23 heavy (non-hydrogen) atoms. The highest BCUT2D eigenvalue weighted by atomic mass is 16.5. The smallest absolute Gasteiger partial charge is 0.304 e. The van der Waals surface area contributed by atoms with Gasteiger partial charge in [0.25, 0.3) is 0 Å². The molecular formula is C19H28O4. The lowest BCUT2D eigenvalue weighted by Crippen LogP contribution is -2.25. The van der Waals surface area contributed by atoms with Gasteiger partial charge in [-0.2, -0.15) is 0 Å². The van der Waals surface area contributed by atoms with Gasteiger partial charge in [0.2, 0.25) is 0 Å². The first-order chi connectivity index (χ1) is 11.0. The number of aliphatic hydroxyl groups excluding tert-OH is 2. The van der Waals surface area contributed by atoms with E-state index in [2.05, 4.69) is 37.2 Å². The van der Waals surface area contributed by atoms with Crippen LogP contribution in [-0.4, -0.2) is 34.5 Å². The van der Waals surface area contributed by atoms with Gasteiger partial charge in [0.15, 0.2) is 6.10 Å². The summed E-state index contributed by atoms with van der Waals surface area (Å²) in [7, 11) is 0. The fourth-order valence-corrected chi connectivity index (χ4v) is 1.91. The van der Waals surface area contributed by atoms with E-state index in [9.17, 15) is 15.0 Å². The van der Waals surface area contributed by atoms with Gasteiger partial charge in [-0.25, -0.2) is 0 Å². The molecule has 0 saturated carbocycles. The summed E-state index contributed by atoms with van der Waals surface area (Å²) in [6.45, 7) is 6.96. The molecule has 0 fully saturated rings. The Morgan fingerprint density at radius 1 is 1.17 bits per heavy atom. The fraction of sp³-hybridized carbons (Fsp3) is 0.632. The highest BCUT2D eigenvalue weighted by Gasteiger charge is 2.14. The number of carbonyl (C=O) groups is 1. The van der Waals surface area contributed by atoms with Crippen molar-refractivity contribution in [2.24, 2.45) is 0 Å². The molecule has 0 aromatic heterocycles. The number of esters is 1. The Balaban J connectivity index is 4.07. The van der Waals surface area contributed by atoms with Crippen LogP contribution in [-0.2, 0) is 9.53 Å². The van der Waals surface area contributed by atoms with Crippen LogP contribution in [0.1, 0.15) is 58.8 Å². The predicted molar refractivity (Wildman–Crippen MR) is 91.3 cm³/mol. The van der Waals surface area contributed by atoms with E-state index in [1.807, 2.05) is 0 Å². The Hall–Kier alpha value is -1.75. The van der Waals surface area contributed by atoms with Crippen molar-refractivity contribution >= 4 is 5.97 Å². The molecule has 2 N–H and O–H groups in total. The highest BCUT2D eigenvalue weighted by molar-refractivity contribution is 5.66. The molecule has 0 radical (unpaired) electrons. The van der Waals surface area contributed by atoms with E-state index >= 15 is 0 Å². The van der Waals surface area contributed by atoms with E-state index in [-0.39, 0.29) is 6.42 Å². The van der Waals surface area contributed by atoms with Gasteiger partial charge in [-0.05, 0) is 30.3 Å². The standard InChI is InChI=1S/C19H28O4/c1-4-6-7-8-11-14-18(21)19(22)15-12-9-10-13-17(5-2)23-16(3)20/h5,17-19,21-22H,2,4,6-8,11,14-15H2,1,3H3/t17-,18-,19-/m1/s1. The van der Waals surface area contributed by atoms with Gasteiger partial charge in [0.05, 0.1) is 12.2 Å². The minimum atomic E-state index is -0.862. The van der Waals surface area contributed by atoms with Gasteiger partial charge < -0.3 is 14.9 Å². The number of carbonyl (C=O) groups excluding carboxylic acids is 1. The van der Waals surface area contributed by atoms with Crippen molar-refractivity contribution in [3.63, 3.8) is 0 Å². The molecule has 0 aliphatic heterocycles. The number of rotatable bonds is 10. The Morgan fingerprint density at radius 3 is 2.48 bits per heavy atom. The van der Waals surface area contributed by atoms with Crippen LogP contribution in [0.2, 0.25) is 0 Å². The van der Waals surface area contributed by atoms with E-state index in [0.717, 1.165) is 12.8 Å². The predicted octanol–water partition coefficient (Wildman–Crippen LogP) is 2.58. The minimum Gasteiger partial charge on any atom is -0.445 e. The molecule has 0 bridgehead atoms. The lowest BCUT2D eigenvalue weighted by molar-refractivity contribution is -0.142. The largest absolute Gasteiger partial charge is 0.445 e. The summed E-state index contributed by atoms with van der Waals surface area (Å²) in [5.41, 5.74) is 0. The third kappa shape index (κ3) is 12.5. The quantitative estimate of drug-likeness (QED) is 0.281. The average Bonchev–Trinajstić information content (AvgIpc) is 2.52. The molecule has 0 saturated heterocycles. The van der Waals surface area contributed by atoms with Gasteiger partial charge in [0.1, 0.15) is 0 Å². The highest BCUT2D eigenvalue weighted by Crippen LogP contribution is 2.10. The first kappa shape index (κ1) is 21.2. The van der Waals surface area contributed by atoms with Crippen molar-refractivity contribution in [3.8, 4) is 23.7 Å². The molecule has 0 rings (SSSR count). The van der Waals surface area contributed by atoms with E-state index < -0.39 is 24.3 Å². The molecule has 3 atom stereocenters. The molecule has 4 heteroatoms. The van der Waals surface area contributed by atoms with E-state index in [4.69, 9.17) is 4.74 Å². The zero-order valence-corrected chi connectivity index (χ0v) is 14.2. The third-order valence-corrected chi connectivity index (χ3v) is 3.23. The van der Waals surface area contributed by atoms with Crippen LogP contribution in [0.4, 0.5) is 0 Å². The average molecular weight is 320 g/mol. The second kappa shape index (κ2) is 13.9. The topological polar surface area (TPSA) is 66.8 Å². The lowest BCUT2D eigenvalue weighted by Gasteiger charge is -2.15. The van der Waals surface area contributed by atoms with Crippen LogP contribution in [0, 0.1) is 23.7 Å². The second-order valence-corrected chi connectivity index (χ2v) is 5.38. The monoisotopic (exact) mass is 320 g/mol. The van der Waals surface area contributed by atoms with Gasteiger partial charge in [-0.3, -0.25) is 4.79 Å². The first-order valence-corrected chi connectivity index (χ1v) is 8.15. The van der Waals surface area contributed by atoms with Crippen LogP contribution >= 0.6 is 0 Å². The number of hydrogen-bond donors (Lipinski definition) is 2. The van der Waals surface area contributed by atoms with Crippen molar-refractivity contribution in [3.05, 3.63) is 12.7 Å². The SMILES string of the molecule is C=C[C@H](C#CC#CC[C@@H](O)[C@H](O)CCCCCCC)OC(C)=O. The molecule has 128 valence electrons. The van der Waals surface area contributed by atoms with Crippen LogP contribution in [0.25, 0.3) is 0 Å². The molecule has 0 unspecified atom stereocenters. The summed E-state index contributed by atoms with van der Waals surface area (Å²) in [6, 6.07) is 0. The zero-order chi connectivity index (χ0) is 17.5. The molecular weight excluding hydrogens is 292 g/mol. The normalized spacial score (nSPS) is 13.6. The fourth-order valence-electron chi connectivity index (χ4n) is 1.91. The molecule has 0 aliphatic rings. The van der Waals surface area contributed by atoms with Crippen LogP contribution in [0.5, 0.6) is 0 Å². The molecule has 0 heterocycles. The molecule has 0 aromatic rings. The van der Waals surface area contributed by atoms with Crippen LogP contribution in [0.3, 0.4) is 0 Å². The first-order valence-electron chi connectivity index (χ1n) is 8.15. The number of unbranched alkanes of at least 4 members (excludes halogenated alkanes) is 4. The zero-order valence-electron chi connectivity index (χ0n) is 14.2. The Kier molecular flexibility index (Phi) is 12.8. The Morgan fingerprint density at radius 2 is 1.87 bits per heavy atom. The summed E-state index contributed by atoms with van der Waals surface area (Å²) in [6.07, 6.45) is 5.42. The summed E-state index contributed by atoms with van der Waals surface area (Å²) in [5.74, 6) is 10.0. The lowest BCUT2D eigenvalue weighted by atomic mass is 10.0. The number of aliphatic hydroxyl groups is 2. The van der Waals surface area contributed by atoms with E-state index in [1.165, 1.54) is 32.3 Å². The van der Waals surface area contributed by atoms with Crippen molar-refractivity contribution in [2.75, 3.05) is 0 Å². The summed E-state index contributed by atoms with van der Waals surface area (Å²) < 4.78 is 4.85. The van der Waals surface area contributed by atoms with E-state index in [1.54, 1.807) is 0 Å². The third-order valence-electron chi connectivity index (χ3n) is 3.23. The molecule has 0 amide bonds. The maximum absolute atomic E-state index is 10.8. The van der Waals surface area contributed by atoms with Gasteiger partial charge >= 0.3 is 5.97 Å². The maximum atomic E-state index is 10.8. The van der Waals surface area contributed by atoms with Gasteiger partial charge in [-0.15, -0.1) is 0 Å². The van der Waals surface area contributed by atoms with Gasteiger partial charge in [0, 0.05) is 13.3 Å². The van der Waals surface area contributed by atoms with Crippen LogP contribution in [0.15, 0.2) is 12.7 Å². The molecule has 0 aliphatic carbocycles.